The number of aromatic nitrogens is 4. The minimum atomic E-state index is -0.480. The highest BCUT2D eigenvalue weighted by Gasteiger charge is 2.10. The number of benzene rings is 1. The molecule has 3 aromatic rings. The van der Waals surface area contributed by atoms with Crippen molar-refractivity contribution in [3.05, 3.63) is 64.2 Å². The standard InChI is InChI=1S/C13H8FN5O/c14-11-2-1-9(6-15)5-10(11)8-19-13(20)18-4-3-16-7-12(18)17-19/h1-5,7H,8H2. The topological polar surface area (TPSA) is 76.0 Å². The van der Waals surface area contributed by atoms with Gasteiger partial charge in [0.05, 0.1) is 24.4 Å². The highest BCUT2D eigenvalue weighted by atomic mass is 19.1. The fourth-order valence-electron chi connectivity index (χ4n) is 1.91. The molecule has 0 aliphatic heterocycles. The van der Waals surface area contributed by atoms with Gasteiger partial charge < -0.3 is 0 Å². The van der Waals surface area contributed by atoms with Crippen LogP contribution in [0.5, 0.6) is 0 Å². The predicted octanol–water partition coefficient (Wildman–Crippen LogP) is 0.950. The van der Waals surface area contributed by atoms with Gasteiger partial charge in [0.2, 0.25) is 0 Å². The van der Waals surface area contributed by atoms with Crippen molar-refractivity contribution in [1.82, 2.24) is 19.2 Å². The fourth-order valence-corrected chi connectivity index (χ4v) is 1.91. The van der Waals surface area contributed by atoms with Gasteiger partial charge in [0.1, 0.15) is 5.82 Å². The summed E-state index contributed by atoms with van der Waals surface area (Å²) in [5.41, 5.74) is 0.570. The van der Waals surface area contributed by atoms with E-state index in [1.54, 1.807) is 0 Å². The van der Waals surface area contributed by atoms with Crippen molar-refractivity contribution in [2.24, 2.45) is 0 Å². The zero-order valence-electron chi connectivity index (χ0n) is 10.2. The molecule has 0 fully saturated rings. The summed E-state index contributed by atoms with van der Waals surface area (Å²) in [6, 6.07) is 5.93. The summed E-state index contributed by atoms with van der Waals surface area (Å²) in [5.74, 6) is -0.480. The number of fused-ring (bicyclic) bond motifs is 1. The molecule has 0 aliphatic carbocycles. The molecule has 0 saturated carbocycles. The van der Waals surface area contributed by atoms with Crippen LogP contribution >= 0.6 is 0 Å². The summed E-state index contributed by atoms with van der Waals surface area (Å²) >= 11 is 0. The van der Waals surface area contributed by atoms with Gasteiger partial charge in [-0.05, 0) is 18.2 Å². The highest BCUT2D eigenvalue weighted by Crippen LogP contribution is 2.11. The average Bonchev–Trinajstić information content (AvgIpc) is 2.78. The monoisotopic (exact) mass is 269 g/mol. The quantitative estimate of drug-likeness (QED) is 0.694. The van der Waals surface area contributed by atoms with Crippen molar-refractivity contribution in [1.29, 1.82) is 5.26 Å². The zero-order valence-corrected chi connectivity index (χ0v) is 10.2. The molecule has 98 valence electrons. The van der Waals surface area contributed by atoms with Gasteiger partial charge in [-0.25, -0.2) is 18.3 Å². The molecule has 20 heavy (non-hydrogen) atoms. The second kappa shape index (κ2) is 4.59. The van der Waals surface area contributed by atoms with Crippen molar-refractivity contribution in [2.75, 3.05) is 0 Å². The maximum absolute atomic E-state index is 13.7. The SMILES string of the molecule is N#Cc1ccc(F)c(Cn2nc3cnccn3c2=O)c1. The summed E-state index contributed by atoms with van der Waals surface area (Å²) in [5, 5.41) is 12.9. The van der Waals surface area contributed by atoms with Crippen LogP contribution in [-0.2, 0) is 6.54 Å². The molecule has 0 amide bonds. The van der Waals surface area contributed by atoms with Crippen LogP contribution in [0.25, 0.3) is 5.65 Å². The first kappa shape index (κ1) is 12.0. The van der Waals surface area contributed by atoms with Crippen LogP contribution in [0.1, 0.15) is 11.1 Å². The molecule has 1 aromatic carbocycles. The van der Waals surface area contributed by atoms with Gasteiger partial charge in [-0.1, -0.05) is 0 Å². The molecule has 0 N–H and O–H groups in total. The number of nitrogens with zero attached hydrogens (tertiary/aromatic N) is 5. The van der Waals surface area contributed by atoms with Gasteiger partial charge in [0, 0.05) is 18.0 Å². The Balaban J connectivity index is 2.08. The van der Waals surface area contributed by atoms with Gasteiger partial charge in [-0.15, -0.1) is 5.10 Å². The summed E-state index contributed by atoms with van der Waals surface area (Å²) in [7, 11) is 0. The molecule has 2 aromatic heterocycles. The number of hydrogen-bond acceptors (Lipinski definition) is 4. The lowest BCUT2D eigenvalue weighted by atomic mass is 10.1. The van der Waals surface area contributed by atoms with Crippen molar-refractivity contribution in [2.45, 2.75) is 6.54 Å². The molecule has 0 unspecified atom stereocenters. The van der Waals surface area contributed by atoms with E-state index in [-0.39, 0.29) is 17.8 Å². The first-order chi connectivity index (χ1) is 9.69. The Bertz CT molecular complexity index is 890. The lowest BCUT2D eigenvalue weighted by Gasteiger charge is -2.02. The molecule has 6 nitrogen and oxygen atoms in total. The normalized spacial score (nSPS) is 10.6. The molecule has 3 rings (SSSR count). The molecular formula is C13H8FN5O. The molecule has 0 radical (unpaired) electrons. The Morgan fingerprint density at radius 2 is 2.25 bits per heavy atom. The lowest BCUT2D eigenvalue weighted by Crippen LogP contribution is -2.22. The molecule has 0 aliphatic rings. The third kappa shape index (κ3) is 1.93. The maximum Gasteiger partial charge on any atom is 0.350 e. The van der Waals surface area contributed by atoms with Crippen LogP contribution in [-0.4, -0.2) is 19.2 Å². The average molecular weight is 269 g/mol. The van der Waals surface area contributed by atoms with Crippen molar-refractivity contribution >= 4 is 5.65 Å². The third-order valence-electron chi connectivity index (χ3n) is 2.88. The summed E-state index contributed by atoms with van der Waals surface area (Å²) in [6.45, 7) is -0.0398. The molecule has 0 atom stereocenters. The fraction of sp³-hybridized carbons (Fsp3) is 0.0769. The van der Waals surface area contributed by atoms with Crippen molar-refractivity contribution in [3.8, 4) is 6.07 Å². The second-order valence-electron chi connectivity index (χ2n) is 4.16. The zero-order chi connectivity index (χ0) is 14.1. The van der Waals surface area contributed by atoms with Crippen molar-refractivity contribution < 1.29 is 4.39 Å². The number of halogens is 1. The van der Waals surface area contributed by atoms with E-state index in [0.717, 1.165) is 4.68 Å². The van der Waals surface area contributed by atoms with Crippen LogP contribution in [0.4, 0.5) is 4.39 Å². The summed E-state index contributed by atoms with van der Waals surface area (Å²) < 4.78 is 16.2. The van der Waals surface area contributed by atoms with Gasteiger partial charge in [-0.3, -0.25) is 4.98 Å². The summed E-state index contributed by atoms with van der Waals surface area (Å²) in [6.07, 6.45) is 4.40. The van der Waals surface area contributed by atoms with E-state index in [0.29, 0.717) is 11.2 Å². The molecule has 7 heteroatoms. The Hall–Kier alpha value is -3.01. The van der Waals surface area contributed by atoms with E-state index >= 15 is 0 Å². The largest absolute Gasteiger partial charge is 0.350 e. The third-order valence-corrected chi connectivity index (χ3v) is 2.88. The Morgan fingerprint density at radius 3 is 3.00 bits per heavy atom. The number of nitriles is 1. The van der Waals surface area contributed by atoms with E-state index in [9.17, 15) is 9.18 Å². The van der Waals surface area contributed by atoms with Gasteiger partial charge in [-0.2, -0.15) is 5.26 Å². The second-order valence-corrected chi connectivity index (χ2v) is 4.16. The predicted molar refractivity (Wildman–Crippen MR) is 67.5 cm³/mol. The van der Waals surface area contributed by atoms with Gasteiger partial charge in [0.25, 0.3) is 0 Å². The molecule has 0 spiro atoms. The van der Waals surface area contributed by atoms with Crippen LogP contribution < -0.4 is 5.69 Å². The van der Waals surface area contributed by atoms with E-state index in [1.165, 1.54) is 41.2 Å². The minimum Gasteiger partial charge on any atom is -0.259 e. The highest BCUT2D eigenvalue weighted by molar-refractivity contribution is 5.35. The molecule has 2 heterocycles. The van der Waals surface area contributed by atoms with Crippen LogP contribution in [0.3, 0.4) is 0 Å². The molecule has 0 bridgehead atoms. The molecule has 0 saturated heterocycles. The Kier molecular flexibility index (Phi) is 2.76. The van der Waals surface area contributed by atoms with Crippen LogP contribution in [0, 0.1) is 17.1 Å². The number of hydrogen-bond donors (Lipinski definition) is 0. The summed E-state index contributed by atoms with van der Waals surface area (Å²) in [4.78, 5) is 15.9. The van der Waals surface area contributed by atoms with E-state index < -0.39 is 5.82 Å². The smallest absolute Gasteiger partial charge is 0.259 e. The van der Waals surface area contributed by atoms with Crippen LogP contribution in [0.15, 0.2) is 41.6 Å². The maximum atomic E-state index is 13.7. The van der Waals surface area contributed by atoms with Gasteiger partial charge in [0.15, 0.2) is 5.65 Å². The van der Waals surface area contributed by atoms with E-state index in [2.05, 4.69) is 10.1 Å². The first-order valence-electron chi connectivity index (χ1n) is 5.77. The molecular weight excluding hydrogens is 261 g/mol. The van der Waals surface area contributed by atoms with Crippen molar-refractivity contribution in [3.63, 3.8) is 0 Å². The minimum absolute atomic E-state index is 0.0398. The Morgan fingerprint density at radius 1 is 1.40 bits per heavy atom. The Labute approximate surface area is 112 Å². The van der Waals surface area contributed by atoms with Crippen LogP contribution in [0.2, 0.25) is 0 Å². The first-order valence-corrected chi connectivity index (χ1v) is 5.77. The number of rotatable bonds is 2. The van der Waals surface area contributed by atoms with E-state index in [1.807, 2.05) is 6.07 Å². The van der Waals surface area contributed by atoms with Gasteiger partial charge >= 0.3 is 5.69 Å². The lowest BCUT2D eigenvalue weighted by molar-refractivity contribution is 0.578. The van der Waals surface area contributed by atoms with E-state index in [4.69, 9.17) is 5.26 Å².